The zero-order chi connectivity index (χ0) is 36.6. The number of methoxy groups -OCH3 is 1. The number of ether oxygens (including phenoxy) is 1. The second-order valence-corrected chi connectivity index (χ2v) is 15.3. The van der Waals surface area contributed by atoms with Crippen molar-refractivity contribution in [2.75, 3.05) is 76.1 Å². The van der Waals surface area contributed by atoms with E-state index in [4.69, 9.17) is 18.8 Å². The molecule has 17 nitrogen and oxygen atoms in total. The van der Waals surface area contributed by atoms with Gasteiger partial charge in [-0.3, -0.25) is 24.1 Å². The maximum absolute atomic E-state index is 13.8. The number of carboxylic acid groups (broad SMARTS) is 1. The van der Waals surface area contributed by atoms with Crippen LogP contribution in [0.2, 0.25) is 0 Å². The fourth-order valence-corrected chi connectivity index (χ4v) is 8.14. The Labute approximate surface area is 307 Å². The van der Waals surface area contributed by atoms with Crippen LogP contribution in [0.1, 0.15) is 0 Å². The van der Waals surface area contributed by atoms with Crippen LogP contribution in [0, 0.1) is 0 Å². The zero-order valence-corrected chi connectivity index (χ0v) is 31.3. The molecule has 0 atom stereocenters. The number of nitrogens with one attached hydrogen (secondary N) is 2. The van der Waals surface area contributed by atoms with Crippen LogP contribution in [-0.2, 0) is 20.7 Å². The first-order valence-corrected chi connectivity index (χ1v) is 18.6. The van der Waals surface area contributed by atoms with E-state index in [0.29, 0.717) is 51.5 Å². The molecule has 0 radical (unpaired) electrons. The van der Waals surface area contributed by atoms with Crippen molar-refractivity contribution in [2.24, 2.45) is 7.05 Å². The van der Waals surface area contributed by atoms with E-state index >= 15 is 0 Å². The first-order chi connectivity index (χ1) is 25.1. The third-order valence-corrected chi connectivity index (χ3v) is 11.8. The van der Waals surface area contributed by atoms with Crippen LogP contribution in [0.15, 0.2) is 59.7 Å². The maximum atomic E-state index is 13.8. The van der Waals surface area contributed by atoms with Crippen molar-refractivity contribution in [2.45, 2.75) is 6.04 Å². The van der Waals surface area contributed by atoms with E-state index in [1.807, 2.05) is 31.6 Å². The fraction of sp³-hybridized carbons (Fsp3) is 0.333. The average molecular weight is 795 g/mol. The predicted octanol–water partition coefficient (Wildman–Crippen LogP) is 4.67. The van der Waals surface area contributed by atoms with E-state index in [0.717, 1.165) is 43.0 Å². The molecule has 2 aromatic carbocycles. The van der Waals surface area contributed by atoms with Gasteiger partial charge in [0.1, 0.15) is 22.4 Å². The van der Waals surface area contributed by atoms with Gasteiger partial charge in [-0.25, -0.2) is 9.78 Å². The third kappa shape index (κ3) is 6.87. The minimum atomic E-state index is -3.80. The molecule has 5 heterocycles. The number of aromatic nitrogens is 6. The number of benzene rings is 2. The molecular weight excluding hydrogens is 757 g/mol. The van der Waals surface area contributed by atoms with E-state index in [1.165, 1.54) is 25.3 Å². The number of piperazine rings is 1. The van der Waals surface area contributed by atoms with Gasteiger partial charge in [0.05, 0.1) is 34.7 Å². The molecule has 2 aliphatic rings. The van der Waals surface area contributed by atoms with Crippen molar-refractivity contribution < 1.29 is 28.3 Å². The van der Waals surface area contributed by atoms with Gasteiger partial charge < -0.3 is 39.3 Å². The van der Waals surface area contributed by atoms with Crippen molar-refractivity contribution in [3.63, 3.8) is 0 Å². The van der Waals surface area contributed by atoms with Crippen molar-refractivity contribution in [3.05, 3.63) is 59.7 Å². The Hall–Kier alpha value is -4.87. The molecule has 2 fully saturated rings. The van der Waals surface area contributed by atoms with Crippen LogP contribution in [0.4, 0.5) is 33.6 Å². The fourth-order valence-electron chi connectivity index (χ4n) is 6.48. The van der Waals surface area contributed by atoms with Gasteiger partial charge in [-0.1, -0.05) is 0 Å². The summed E-state index contributed by atoms with van der Waals surface area (Å²) < 4.78 is 32.7. The normalized spacial score (nSPS) is 15.5. The molecule has 3 N–H and O–H groups in total. The number of carbonyl (C=O) groups is 1. The SMILES string of the molecule is COc1cc(N2CCN(C3CN(C(=O)O)C3)CC2)c(-c2cnn(C)c2)cc1Nc1ncc(Br)c(Nc2ccc3nccnc3c2P(=O)(OC)OC)n1. The van der Waals surface area contributed by atoms with Crippen molar-refractivity contribution in [3.8, 4) is 16.9 Å². The number of likely N-dealkylation sites (tertiary alicyclic amines) is 1. The van der Waals surface area contributed by atoms with Gasteiger partial charge in [-0.2, -0.15) is 10.1 Å². The Balaban J connectivity index is 1.19. The van der Waals surface area contributed by atoms with Gasteiger partial charge in [-0.15, -0.1) is 0 Å². The molecular formula is C33H37BrN11O6P. The quantitative estimate of drug-likeness (QED) is 0.157. The molecule has 272 valence electrons. The number of anilines is 5. The minimum Gasteiger partial charge on any atom is -0.494 e. The van der Waals surface area contributed by atoms with E-state index in [-0.39, 0.29) is 17.3 Å². The molecule has 1 amide bonds. The lowest BCUT2D eigenvalue weighted by molar-refractivity contribution is 0.0341. The van der Waals surface area contributed by atoms with Crippen molar-refractivity contribution in [1.29, 1.82) is 0 Å². The minimum absolute atomic E-state index is 0.220. The largest absolute Gasteiger partial charge is 0.494 e. The average Bonchev–Trinajstić information content (AvgIpc) is 3.57. The summed E-state index contributed by atoms with van der Waals surface area (Å²) in [5.74, 6) is 1.22. The summed E-state index contributed by atoms with van der Waals surface area (Å²) in [5, 5.41) is 20.5. The lowest BCUT2D eigenvalue weighted by Gasteiger charge is -2.47. The van der Waals surface area contributed by atoms with Gasteiger partial charge >= 0.3 is 13.7 Å². The topological polar surface area (TPSA) is 185 Å². The van der Waals surface area contributed by atoms with Gasteiger partial charge in [0.15, 0.2) is 0 Å². The Bertz CT molecular complexity index is 2170. The lowest BCUT2D eigenvalue weighted by atomic mass is 10.0. The first kappa shape index (κ1) is 35.5. The molecule has 0 bridgehead atoms. The molecule has 0 spiro atoms. The molecule has 52 heavy (non-hydrogen) atoms. The molecule has 0 saturated carbocycles. The molecule has 7 rings (SSSR count). The van der Waals surface area contributed by atoms with Gasteiger partial charge in [0, 0.05) is 114 Å². The number of nitrogens with zero attached hydrogens (tertiary/aromatic N) is 9. The number of aryl methyl sites for hydroxylation is 1. The summed E-state index contributed by atoms with van der Waals surface area (Å²) in [4.78, 5) is 35.4. The van der Waals surface area contributed by atoms with Gasteiger partial charge in [0.2, 0.25) is 5.95 Å². The van der Waals surface area contributed by atoms with E-state index in [9.17, 15) is 14.5 Å². The highest BCUT2D eigenvalue weighted by Crippen LogP contribution is 2.49. The Morgan fingerprint density at radius 1 is 0.981 bits per heavy atom. The number of halogens is 1. The van der Waals surface area contributed by atoms with Crippen LogP contribution in [0.25, 0.3) is 22.2 Å². The molecule has 3 aromatic heterocycles. The zero-order valence-electron chi connectivity index (χ0n) is 28.9. The standard InChI is InChI=1S/C33H37BrN11O6P/c1-42-17-20(15-38-42)22-13-26(28(49-2)14-27(22)44-11-9-43(10-12-44)21-18-45(19-21)33(46)47)40-32-37-16-23(34)31(41-32)39-25-6-5-24-29(36-8-7-35-24)30(25)52(48,50-3)51-4/h5-8,13-17,21H,9-12,18-19H2,1-4H3,(H,46,47)(H2,37,39,40,41). The number of amides is 1. The predicted molar refractivity (Wildman–Crippen MR) is 199 cm³/mol. The van der Waals surface area contributed by atoms with Gasteiger partial charge in [-0.05, 0) is 34.1 Å². The molecule has 2 saturated heterocycles. The number of fused-ring (bicyclic) bond motifs is 1. The van der Waals surface area contributed by atoms with Crippen molar-refractivity contribution in [1.82, 2.24) is 39.5 Å². The summed E-state index contributed by atoms with van der Waals surface area (Å²) in [6, 6.07) is 7.72. The van der Waals surface area contributed by atoms with Gasteiger partial charge in [0.25, 0.3) is 0 Å². The highest BCUT2D eigenvalue weighted by molar-refractivity contribution is 9.10. The first-order valence-electron chi connectivity index (χ1n) is 16.3. The van der Waals surface area contributed by atoms with Crippen LogP contribution < -0.4 is 25.6 Å². The van der Waals surface area contributed by atoms with E-state index in [1.54, 1.807) is 36.3 Å². The second-order valence-electron chi connectivity index (χ2n) is 12.2. The number of hydrogen-bond acceptors (Lipinski definition) is 14. The Morgan fingerprint density at radius 3 is 2.40 bits per heavy atom. The lowest BCUT2D eigenvalue weighted by Crippen LogP contribution is -2.64. The molecule has 2 aliphatic heterocycles. The number of rotatable bonds is 11. The van der Waals surface area contributed by atoms with Crippen LogP contribution in [-0.4, -0.2) is 117 Å². The molecule has 0 aliphatic carbocycles. The smallest absolute Gasteiger partial charge is 0.407 e. The third-order valence-electron chi connectivity index (χ3n) is 9.25. The highest BCUT2D eigenvalue weighted by atomic mass is 79.9. The summed E-state index contributed by atoms with van der Waals surface area (Å²) >= 11 is 3.54. The van der Waals surface area contributed by atoms with E-state index < -0.39 is 13.7 Å². The Morgan fingerprint density at radius 2 is 1.73 bits per heavy atom. The molecule has 0 unspecified atom stereocenters. The van der Waals surface area contributed by atoms with Crippen LogP contribution >= 0.6 is 23.5 Å². The second kappa shape index (κ2) is 14.6. The molecule has 5 aromatic rings. The number of hydrogen-bond donors (Lipinski definition) is 3. The summed E-state index contributed by atoms with van der Waals surface area (Å²) in [5.41, 5.74) is 4.78. The Kier molecular flexibility index (Phi) is 10.00. The van der Waals surface area contributed by atoms with Crippen LogP contribution in [0.3, 0.4) is 0 Å². The van der Waals surface area contributed by atoms with Crippen molar-refractivity contribution >= 4 is 74.8 Å². The summed E-state index contributed by atoms with van der Waals surface area (Å²) in [6.07, 6.45) is 7.58. The highest BCUT2D eigenvalue weighted by Gasteiger charge is 2.36. The summed E-state index contributed by atoms with van der Waals surface area (Å²) in [6.45, 7) is 4.23. The molecule has 19 heteroatoms. The van der Waals surface area contributed by atoms with Crippen LogP contribution in [0.5, 0.6) is 5.75 Å². The van der Waals surface area contributed by atoms with E-state index in [2.05, 4.69) is 56.4 Å². The maximum Gasteiger partial charge on any atom is 0.407 e. The monoisotopic (exact) mass is 793 g/mol. The summed E-state index contributed by atoms with van der Waals surface area (Å²) in [7, 11) is 2.31.